The average Bonchev–Trinajstić information content (AvgIpc) is 2.69. The van der Waals surface area contributed by atoms with Gasteiger partial charge in [0, 0.05) is 34.4 Å². The number of halogens is 2. The lowest BCUT2D eigenvalue weighted by atomic mass is 9.82. The number of nitrogens with one attached hydrogen (secondary N) is 2. The summed E-state index contributed by atoms with van der Waals surface area (Å²) < 4.78 is 0. The number of aromatic nitrogens is 1. The molecule has 7 heteroatoms. The Morgan fingerprint density at radius 3 is 2.57 bits per heavy atom. The van der Waals surface area contributed by atoms with Crippen LogP contribution in [0.1, 0.15) is 30.4 Å². The Balaban J connectivity index is 1.89. The van der Waals surface area contributed by atoms with Gasteiger partial charge in [0.1, 0.15) is 5.54 Å². The summed E-state index contributed by atoms with van der Waals surface area (Å²) in [7, 11) is 0. The van der Waals surface area contributed by atoms with Crippen molar-refractivity contribution in [2.45, 2.75) is 31.2 Å². The third-order valence-corrected chi connectivity index (χ3v) is 6.02. The van der Waals surface area contributed by atoms with Crippen molar-refractivity contribution in [2.75, 3.05) is 19.6 Å². The number of hydrogen-bond donors (Lipinski definition) is 3. The van der Waals surface area contributed by atoms with Crippen LogP contribution >= 0.6 is 23.2 Å². The van der Waals surface area contributed by atoms with Crippen molar-refractivity contribution in [1.82, 2.24) is 15.6 Å². The number of benzene rings is 1. The standard InChI is InChI=1S/C21H26Cl2N4O/c22-17-1-2-18(19(23)13-17)21(20(24)28,14-16-5-10-26-11-6-16)27-12-7-15-3-8-25-9-4-15/h1-2,5-6,10-11,13,15,25,27H,3-4,7-9,12,14H2,(H2,24,28). The number of pyridine rings is 1. The number of carbonyl (C=O) groups excluding carboxylic acids is 1. The number of piperidine rings is 1. The van der Waals surface area contributed by atoms with Crippen LogP contribution in [0.3, 0.4) is 0 Å². The average molecular weight is 421 g/mol. The number of primary amides is 1. The number of hydrogen-bond acceptors (Lipinski definition) is 4. The van der Waals surface area contributed by atoms with Crippen molar-refractivity contribution in [3.05, 3.63) is 63.9 Å². The summed E-state index contributed by atoms with van der Waals surface area (Å²) in [6.45, 7) is 2.77. The molecule has 3 rings (SSSR count). The van der Waals surface area contributed by atoms with Gasteiger partial charge in [0.05, 0.1) is 0 Å². The highest BCUT2D eigenvalue weighted by atomic mass is 35.5. The molecule has 150 valence electrons. The minimum Gasteiger partial charge on any atom is -0.368 e. The largest absolute Gasteiger partial charge is 0.368 e. The molecule has 0 aliphatic carbocycles. The summed E-state index contributed by atoms with van der Waals surface area (Å²) in [5.74, 6) is 0.180. The molecule has 1 aromatic carbocycles. The highest BCUT2D eigenvalue weighted by Crippen LogP contribution is 2.33. The zero-order valence-electron chi connectivity index (χ0n) is 15.8. The third-order valence-electron chi connectivity index (χ3n) is 5.47. The molecule has 1 saturated heterocycles. The lowest BCUT2D eigenvalue weighted by Gasteiger charge is -2.34. The zero-order chi connectivity index (χ0) is 20.0. The Hall–Kier alpha value is -1.66. The normalized spacial score (nSPS) is 17.2. The van der Waals surface area contributed by atoms with Gasteiger partial charge < -0.3 is 11.1 Å². The third kappa shape index (κ3) is 5.03. The molecule has 2 heterocycles. The highest BCUT2D eigenvalue weighted by molar-refractivity contribution is 6.35. The van der Waals surface area contributed by atoms with Gasteiger partial charge in [-0.25, -0.2) is 0 Å². The smallest absolute Gasteiger partial charge is 0.242 e. The Labute approximate surface area is 176 Å². The summed E-state index contributed by atoms with van der Waals surface area (Å²) in [4.78, 5) is 16.8. The predicted octanol–water partition coefficient (Wildman–Crippen LogP) is 3.29. The molecule has 0 bridgehead atoms. The molecule has 1 amide bonds. The van der Waals surface area contributed by atoms with E-state index in [2.05, 4.69) is 15.6 Å². The number of rotatable bonds is 8. The van der Waals surface area contributed by atoms with Gasteiger partial charge in [0.2, 0.25) is 5.91 Å². The van der Waals surface area contributed by atoms with Crippen LogP contribution in [0, 0.1) is 5.92 Å². The second-order valence-corrected chi connectivity index (χ2v) is 8.18. The van der Waals surface area contributed by atoms with E-state index in [0.29, 0.717) is 34.5 Å². The molecule has 2 aromatic rings. The predicted molar refractivity (Wildman–Crippen MR) is 113 cm³/mol. The van der Waals surface area contributed by atoms with Crippen LogP contribution in [0.5, 0.6) is 0 Å². The summed E-state index contributed by atoms with van der Waals surface area (Å²) in [6.07, 6.45) is 7.09. The van der Waals surface area contributed by atoms with Crippen LogP contribution in [-0.4, -0.2) is 30.5 Å². The summed E-state index contributed by atoms with van der Waals surface area (Å²) in [6, 6.07) is 8.94. The Morgan fingerprint density at radius 1 is 1.21 bits per heavy atom. The molecule has 1 fully saturated rings. The molecule has 1 aliphatic heterocycles. The van der Waals surface area contributed by atoms with Crippen molar-refractivity contribution in [3.63, 3.8) is 0 Å². The fourth-order valence-electron chi connectivity index (χ4n) is 3.86. The van der Waals surface area contributed by atoms with Gasteiger partial charge >= 0.3 is 0 Å². The molecule has 4 N–H and O–H groups in total. The topological polar surface area (TPSA) is 80.0 Å². The Bertz CT molecular complexity index is 796. The molecule has 1 atom stereocenters. The molecule has 1 aliphatic rings. The molecule has 0 radical (unpaired) electrons. The number of nitrogens with two attached hydrogens (primary N) is 1. The SMILES string of the molecule is NC(=O)C(Cc1ccncc1)(NCCC1CCNCC1)c1ccc(Cl)cc1Cl. The lowest BCUT2D eigenvalue weighted by molar-refractivity contribution is -0.124. The van der Waals surface area contributed by atoms with Crippen LogP contribution in [0.25, 0.3) is 0 Å². The fraction of sp³-hybridized carbons (Fsp3) is 0.429. The molecule has 0 saturated carbocycles. The minimum atomic E-state index is -1.12. The van der Waals surface area contributed by atoms with Crippen LogP contribution < -0.4 is 16.4 Å². The quantitative estimate of drug-likeness (QED) is 0.611. The maximum absolute atomic E-state index is 12.8. The second kappa shape index (κ2) is 9.70. The first-order valence-corrected chi connectivity index (χ1v) is 10.4. The summed E-state index contributed by atoms with van der Waals surface area (Å²) in [5, 5.41) is 7.79. The van der Waals surface area contributed by atoms with Crippen molar-refractivity contribution in [3.8, 4) is 0 Å². The van der Waals surface area contributed by atoms with E-state index in [1.54, 1.807) is 30.6 Å². The Morgan fingerprint density at radius 2 is 1.93 bits per heavy atom. The first-order valence-electron chi connectivity index (χ1n) is 9.61. The van der Waals surface area contributed by atoms with Crippen molar-refractivity contribution in [2.24, 2.45) is 11.7 Å². The van der Waals surface area contributed by atoms with Crippen LogP contribution in [0.4, 0.5) is 0 Å². The van der Waals surface area contributed by atoms with Gasteiger partial charge in [-0.1, -0.05) is 29.3 Å². The lowest BCUT2D eigenvalue weighted by Crippen LogP contribution is -2.55. The van der Waals surface area contributed by atoms with E-state index in [1.165, 1.54) is 0 Å². The highest BCUT2D eigenvalue weighted by Gasteiger charge is 2.40. The minimum absolute atomic E-state index is 0.387. The number of nitrogens with zero attached hydrogens (tertiary/aromatic N) is 1. The van der Waals surface area contributed by atoms with E-state index in [9.17, 15) is 4.79 Å². The van der Waals surface area contributed by atoms with Crippen LogP contribution in [0.2, 0.25) is 10.0 Å². The summed E-state index contributed by atoms with van der Waals surface area (Å²) >= 11 is 12.6. The zero-order valence-corrected chi connectivity index (χ0v) is 17.3. The van der Waals surface area contributed by atoms with Gasteiger partial charge in [-0.3, -0.25) is 15.1 Å². The van der Waals surface area contributed by atoms with Gasteiger partial charge in [0.15, 0.2) is 0 Å². The van der Waals surface area contributed by atoms with Crippen LogP contribution in [0.15, 0.2) is 42.7 Å². The molecular weight excluding hydrogens is 395 g/mol. The van der Waals surface area contributed by atoms with Crippen molar-refractivity contribution in [1.29, 1.82) is 0 Å². The molecular formula is C21H26Cl2N4O. The summed E-state index contributed by atoms with van der Waals surface area (Å²) in [5.41, 5.74) is 6.44. The van der Waals surface area contributed by atoms with Crippen LogP contribution in [-0.2, 0) is 16.8 Å². The fourth-order valence-corrected chi connectivity index (χ4v) is 4.43. The number of carbonyl (C=O) groups is 1. The maximum atomic E-state index is 12.8. The first-order chi connectivity index (χ1) is 13.5. The maximum Gasteiger partial charge on any atom is 0.242 e. The number of amides is 1. The van der Waals surface area contributed by atoms with E-state index < -0.39 is 11.4 Å². The monoisotopic (exact) mass is 420 g/mol. The molecule has 5 nitrogen and oxygen atoms in total. The van der Waals surface area contributed by atoms with E-state index in [-0.39, 0.29) is 0 Å². The van der Waals surface area contributed by atoms with Crippen molar-refractivity contribution < 1.29 is 4.79 Å². The van der Waals surface area contributed by atoms with E-state index in [0.717, 1.165) is 37.9 Å². The molecule has 1 unspecified atom stereocenters. The Kier molecular flexibility index (Phi) is 7.30. The molecule has 0 spiro atoms. The van der Waals surface area contributed by atoms with Crippen molar-refractivity contribution >= 4 is 29.1 Å². The van der Waals surface area contributed by atoms with E-state index in [1.807, 2.05) is 12.1 Å². The first kappa shape index (κ1) is 21.1. The van der Waals surface area contributed by atoms with Gasteiger partial charge in [0.25, 0.3) is 0 Å². The second-order valence-electron chi connectivity index (χ2n) is 7.33. The molecule has 1 aromatic heterocycles. The van der Waals surface area contributed by atoms with Gasteiger partial charge in [-0.2, -0.15) is 0 Å². The van der Waals surface area contributed by atoms with E-state index in [4.69, 9.17) is 28.9 Å². The van der Waals surface area contributed by atoms with Gasteiger partial charge in [-0.05, 0) is 74.6 Å². The van der Waals surface area contributed by atoms with E-state index >= 15 is 0 Å². The molecule has 28 heavy (non-hydrogen) atoms. The van der Waals surface area contributed by atoms with Gasteiger partial charge in [-0.15, -0.1) is 0 Å².